The van der Waals surface area contributed by atoms with Crippen LogP contribution in [-0.4, -0.2) is 74.8 Å². The van der Waals surface area contributed by atoms with E-state index in [-0.39, 0.29) is 26.3 Å². The molecule has 0 amide bonds. The Morgan fingerprint density at radius 1 is 1.00 bits per heavy atom. The van der Waals surface area contributed by atoms with Gasteiger partial charge in [0.25, 0.3) is 0 Å². The SMILES string of the molecule is CN(C)C.NCC(O)COCC(O)CN. The van der Waals surface area contributed by atoms with Gasteiger partial charge in [-0.25, -0.2) is 0 Å². The first-order valence-corrected chi connectivity index (χ1v) is 4.88. The number of rotatable bonds is 6. The minimum atomic E-state index is -0.653. The van der Waals surface area contributed by atoms with Gasteiger partial charge in [0.2, 0.25) is 0 Å². The second-order valence-electron chi connectivity index (χ2n) is 3.66. The number of hydrogen-bond acceptors (Lipinski definition) is 6. The molecule has 6 heteroatoms. The van der Waals surface area contributed by atoms with Crippen LogP contribution in [0.1, 0.15) is 0 Å². The van der Waals surface area contributed by atoms with E-state index in [1.807, 2.05) is 26.0 Å². The van der Waals surface area contributed by atoms with Gasteiger partial charge in [0, 0.05) is 13.1 Å². The lowest BCUT2D eigenvalue weighted by atomic mass is 10.4. The third kappa shape index (κ3) is 20.0. The molecule has 0 aliphatic rings. The fourth-order valence-corrected chi connectivity index (χ4v) is 0.476. The van der Waals surface area contributed by atoms with Crippen molar-refractivity contribution in [1.82, 2.24) is 4.90 Å². The lowest BCUT2D eigenvalue weighted by Crippen LogP contribution is -2.30. The summed E-state index contributed by atoms with van der Waals surface area (Å²) in [7, 11) is 6.00. The molecule has 0 rings (SSSR count). The van der Waals surface area contributed by atoms with E-state index < -0.39 is 12.2 Å². The molecule has 0 aromatic rings. The van der Waals surface area contributed by atoms with Crippen LogP contribution in [0.5, 0.6) is 0 Å². The first-order valence-electron chi connectivity index (χ1n) is 4.88. The summed E-state index contributed by atoms with van der Waals surface area (Å²) >= 11 is 0. The zero-order valence-corrected chi connectivity index (χ0v) is 9.89. The summed E-state index contributed by atoms with van der Waals surface area (Å²) in [6, 6.07) is 0. The fourth-order valence-electron chi connectivity index (χ4n) is 0.476. The molecule has 6 nitrogen and oxygen atoms in total. The Balaban J connectivity index is 0. The second kappa shape index (κ2) is 11.8. The molecule has 0 aromatic carbocycles. The highest BCUT2D eigenvalue weighted by atomic mass is 16.5. The summed E-state index contributed by atoms with van der Waals surface area (Å²) in [6.45, 7) is 0.624. The Bertz CT molecular complexity index is 112. The van der Waals surface area contributed by atoms with E-state index in [9.17, 15) is 0 Å². The van der Waals surface area contributed by atoms with E-state index in [2.05, 4.69) is 0 Å². The van der Waals surface area contributed by atoms with Crippen LogP contribution >= 0.6 is 0 Å². The zero-order valence-electron chi connectivity index (χ0n) is 9.89. The van der Waals surface area contributed by atoms with Crippen molar-refractivity contribution in [2.45, 2.75) is 12.2 Å². The van der Waals surface area contributed by atoms with Gasteiger partial charge in [0.05, 0.1) is 25.4 Å². The van der Waals surface area contributed by atoms with Crippen LogP contribution in [0.15, 0.2) is 0 Å². The summed E-state index contributed by atoms with van der Waals surface area (Å²) in [5.74, 6) is 0. The average molecular weight is 223 g/mol. The highest BCUT2D eigenvalue weighted by molar-refractivity contribution is 4.56. The third-order valence-corrected chi connectivity index (χ3v) is 1.16. The maximum Gasteiger partial charge on any atom is 0.0895 e. The van der Waals surface area contributed by atoms with E-state index in [1.165, 1.54) is 0 Å². The Kier molecular flexibility index (Phi) is 13.5. The molecule has 0 bridgehead atoms. The minimum Gasteiger partial charge on any atom is -0.389 e. The van der Waals surface area contributed by atoms with Gasteiger partial charge in [-0.15, -0.1) is 0 Å². The van der Waals surface area contributed by atoms with Gasteiger partial charge >= 0.3 is 0 Å². The van der Waals surface area contributed by atoms with Gasteiger partial charge in [0.15, 0.2) is 0 Å². The fraction of sp³-hybridized carbons (Fsp3) is 1.00. The number of aliphatic hydroxyl groups excluding tert-OH is 2. The van der Waals surface area contributed by atoms with Crippen LogP contribution < -0.4 is 11.5 Å². The first-order chi connectivity index (χ1) is 6.93. The largest absolute Gasteiger partial charge is 0.389 e. The molecule has 0 spiro atoms. The van der Waals surface area contributed by atoms with Crippen molar-refractivity contribution in [1.29, 1.82) is 0 Å². The molecule has 15 heavy (non-hydrogen) atoms. The van der Waals surface area contributed by atoms with Crippen molar-refractivity contribution in [3.8, 4) is 0 Å². The topological polar surface area (TPSA) is 105 Å². The van der Waals surface area contributed by atoms with Crippen molar-refractivity contribution in [2.24, 2.45) is 11.5 Å². The van der Waals surface area contributed by atoms with Gasteiger partial charge < -0.3 is 31.3 Å². The van der Waals surface area contributed by atoms with Gasteiger partial charge in [-0.3, -0.25) is 0 Å². The Morgan fingerprint density at radius 3 is 1.47 bits per heavy atom. The molecule has 0 saturated carbocycles. The van der Waals surface area contributed by atoms with Crippen LogP contribution in [-0.2, 0) is 4.74 Å². The Morgan fingerprint density at radius 2 is 1.27 bits per heavy atom. The van der Waals surface area contributed by atoms with Crippen LogP contribution in [0.25, 0.3) is 0 Å². The first kappa shape index (κ1) is 17.2. The van der Waals surface area contributed by atoms with E-state index in [1.54, 1.807) is 0 Å². The molecular formula is C9H25N3O3. The van der Waals surface area contributed by atoms with E-state index >= 15 is 0 Å². The number of aliphatic hydroxyl groups is 2. The molecule has 94 valence electrons. The Labute approximate surface area is 91.8 Å². The predicted molar refractivity (Wildman–Crippen MR) is 60.6 cm³/mol. The zero-order chi connectivity index (χ0) is 12.3. The Hall–Kier alpha value is -0.240. The lowest BCUT2D eigenvalue weighted by Gasteiger charge is -2.11. The van der Waals surface area contributed by atoms with Crippen molar-refractivity contribution < 1.29 is 14.9 Å². The smallest absolute Gasteiger partial charge is 0.0895 e. The van der Waals surface area contributed by atoms with Crippen LogP contribution in [0.2, 0.25) is 0 Å². The number of nitrogens with two attached hydrogens (primary N) is 2. The maximum atomic E-state index is 8.88. The summed E-state index contributed by atoms with van der Waals surface area (Å²) < 4.78 is 4.88. The third-order valence-electron chi connectivity index (χ3n) is 1.16. The van der Waals surface area contributed by atoms with E-state index in [4.69, 9.17) is 26.4 Å². The van der Waals surface area contributed by atoms with Crippen molar-refractivity contribution in [3.63, 3.8) is 0 Å². The lowest BCUT2D eigenvalue weighted by molar-refractivity contribution is -0.00172. The van der Waals surface area contributed by atoms with Crippen LogP contribution in [0, 0.1) is 0 Å². The molecule has 0 aliphatic heterocycles. The molecular weight excluding hydrogens is 198 g/mol. The molecule has 2 atom stereocenters. The van der Waals surface area contributed by atoms with Gasteiger partial charge in [-0.05, 0) is 21.1 Å². The van der Waals surface area contributed by atoms with Gasteiger partial charge in [-0.1, -0.05) is 0 Å². The monoisotopic (exact) mass is 223 g/mol. The number of nitrogens with zero attached hydrogens (tertiary/aromatic N) is 1. The minimum absolute atomic E-state index is 0.146. The highest BCUT2D eigenvalue weighted by Gasteiger charge is 2.03. The van der Waals surface area contributed by atoms with Crippen molar-refractivity contribution in [3.05, 3.63) is 0 Å². The highest BCUT2D eigenvalue weighted by Crippen LogP contribution is 1.85. The quantitative estimate of drug-likeness (QED) is 0.408. The number of ether oxygens (including phenoxy) is 1. The molecule has 0 fully saturated rings. The maximum absolute atomic E-state index is 8.88. The summed E-state index contributed by atoms with van der Waals surface area (Å²) in [4.78, 5) is 2.00. The summed E-state index contributed by atoms with van der Waals surface area (Å²) in [5.41, 5.74) is 10.2. The second-order valence-corrected chi connectivity index (χ2v) is 3.66. The van der Waals surface area contributed by atoms with Crippen molar-refractivity contribution >= 4 is 0 Å². The van der Waals surface area contributed by atoms with Crippen molar-refractivity contribution in [2.75, 3.05) is 47.4 Å². The molecule has 0 saturated heterocycles. The van der Waals surface area contributed by atoms with Crippen LogP contribution in [0.3, 0.4) is 0 Å². The molecule has 0 aromatic heterocycles. The predicted octanol–water partition coefficient (Wildman–Crippen LogP) is -2.18. The standard InChI is InChI=1S/C6H16N2O3.C3H9N/c7-1-5(9)3-11-4-6(10)2-8;1-4(2)3/h5-6,9-10H,1-4,7-8H2;1-3H3. The van der Waals surface area contributed by atoms with Crippen LogP contribution in [0.4, 0.5) is 0 Å². The molecule has 6 N–H and O–H groups in total. The van der Waals surface area contributed by atoms with Gasteiger partial charge in [0.1, 0.15) is 0 Å². The molecule has 0 radical (unpaired) electrons. The normalized spacial score (nSPS) is 14.4. The summed E-state index contributed by atoms with van der Waals surface area (Å²) in [5, 5.41) is 17.8. The van der Waals surface area contributed by atoms with E-state index in [0.717, 1.165) is 0 Å². The molecule has 0 heterocycles. The van der Waals surface area contributed by atoms with E-state index in [0.29, 0.717) is 0 Å². The summed E-state index contributed by atoms with van der Waals surface area (Å²) in [6.07, 6.45) is -1.31. The number of hydrogen-bond donors (Lipinski definition) is 4. The molecule has 2 unspecified atom stereocenters. The van der Waals surface area contributed by atoms with Gasteiger partial charge in [-0.2, -0.15) is 0 Å². The molecule has 0 aliphatic carbocycles. The average Bonchev–Trinajstić information content (AvgIpc) is 2.16.